The van der Waals surface area contributed by atoms with Gasteiger partial charge in [-0.3, -0.25) is 4.57 Å². The zero-order chi connectivity index (χ0) is 20.1. The van der Waals surface area contributed by atoms with E-state index in [2.05, 4.69) is 20.3 Å². The molecule has 29 heavy (non-hydrogen) atoms. The van der Waals surface area contributed by atoms with E-state index >= 15 is 0 Å². The molecule has 5 N–H and O–H groups in total. The molecule has 0 radical (unpaired) electrons. The van der Waals surface area contributed by atoms with Gasteiger partial charge in [0.25, 0.3) is 0 Å². The van der Waals surface area contributed by atoms with Crippen molar-refractivity contribution >= 4 is 17.0 Å². The van der Waals surface area contributed by atoms with Gasteiger partial charge in [0, 0.05) is 0 Å². The highest BCUT2D eigenvalue weighted by molar-refractivity contribution is 5.83. The second-order valence-corrected chi connectivity index (χ2v) is 7.37. The normalized spacial score (nSPS) is 31.3. The number of benzene rings is 1. The van der Waals surface area contributed by atoms with Gasteiger partial charge < -0.3 is 30.5 Å². The summed E-state index contributed by atoms with van der Waals surface area (Å²) in [6, 6.07) is 7.49. The standard InChI is InChI=1S/C19H21N5O5/c25-6-12-15(27)16(28)19(29-12)24-8-22-13-17(20-7-21-18(13)24)23-11-5-9-3-1-2-4-10(9)14(11)26/h1-4,7-8,11-12,14-16,19,25-28H,5-6H2,(H,20,21,23)/t11-,12-,14-,15-,16-,19-/m1/s1. The van der Waals surface area contributed by atoms with Gasteiger partial charge in [-0.15, -0.1) is 0 Å². The molecule has 152 valence electrons. The molecule has 1 fully saturated rings. The van der Waals surface area contributed by atoms with Gasteiger partial charge in [0.1, 0.15) is 24.6 Å². The number of imidazole rings is 1. The fourth-order valence-corrected chi connectivity index (χ4v) is 4.13. The van der Waals surface area contributed by atoms with Gasteiger partial charge in [0.15, 0.2) is 23.2 Å². The smallest absolute Gasteiger partial charge is 0.167 e. The third-order valence-corrected chi connectivity index (χ3v) is 5.67. The predicted octanol–water partition coefficient (Wildman–Crippen LogP) is -0.492. The average molecular weight is 399 g/mol. The Morgan fingerprint density at radius 1 is 1.10 bits per heavy atom. The summed E-state index contributed by atoms with van der Waals surface area (Å²) in [5.74, 6) is 0.456. The Hall–Kier alpha value is -2.63. The number of aliphatic hydroxyl groups is 4. The van der Waals surface area contributed by atoms with Gasteiger partial charge in [0.2, 0.25) is 0 Å². The summed E-state index contributed by atoms with van der Waals surface area (Å²) in [5.41, 5.74) is 2.84. The Morgan fingerprint density at radius 3 is 2.69 bits per heavy atom. The van der Waals surface area contributed by atoms with E-state index in [1.165, 1.54) is 17.2 Å². The molecule has 0 spiro atoms. The van der Waals surface area contributed by atoms with Gasteiger partial charge in [-0.25, -0.2) is 15.0 Å². The summed E-state index contributed by atoms with van der Waals surface area (Å²) in [6.07, 6.45) is -1.48. The van der Waals surface area contributed by atoms with Crippen molar-refractivity contribution in [2.45, 2.75) is 43.1 Å². The molecule has 1 saturated heterocycles. The first-order valence-electron chi connectivity index (χ1n) is 9.41. The van der Waals surface area contributed by atoms with Crippen LogP contribution in [0.4, 0.5) is 5.82 Å². The first-order chi connectivity index (χ1) is 14.1. The van der Waals surface area contributed by atoms with Gasteiger partial charge >= 0.3 is 0 Å². The van der Waals surface area contributed by atoms with E-state index in [1.807, 2.05) is 24.3 Å². The van der Waals surface area contributed by atoms with E-state index in [0.717, 1.165) is 11.1 Å². The highest BCUT2D eigenvalue weighted by atomic mass is 16.6. The fraction of sp³-hybridized carbons (Fsp3) is 0.421. The van der Waals surface area contributed by atoms with Crippen molar-refractivity contribution in [1.29, 1.82) is 0 Å². The number of aliphatic hydroxyl groups excluding tert-OH is 4. The molecule has 1 aliphatic carbocycles. The van der Waals surface area contributed by atoms with Crippen LogP contribution in [0.5, 0.6) is 0 Å². The molecule has 2 aliphatic rings. The second-order valence-electron chi connectivity index (χ2n) is 7.37. The lowest BCUT2D eigenvalue weighted by atomic mass is 10.1. The van der Waals surface area contributed by atoms with Gasteiger partial charge in [-0.05, 0) is 17.5 Å². The van der Waals surface area contributed by atoms with Crippen LogP contribution in [0.3, 0.4) is 0 Å². The Labute approximate surface area is 165 Å². The molecule has 2 aromatic heterocycles. The van der Waals surface area contributed by atoms with E-state index in [0.29, 0.717) is 23.4 Å². The molecule has 6 atom stereocenters. The summed E-state index contributed by atoms with van der Waals surface area (Å²) in [6.45, 7) is -0.413. The summed E-state index contributed by atoms with van der Waals surface area (Å²) < 4.78 is 7.08. The molecule has 3 aromatic rings. The Morgan fingerprint density at radius 2 is 1.93 bits per heavy atom. The molecule has 1 aromatic carbocycles. The van der Waals surface area contributed by atoms with E-state index in [4.69, 9.17) is 4.74 Å². The van der Waals surface area contributed by atoms with Crippen LogP contribution in [0, 0.1) is 0 Å². The average Bonchev–Trinajstić information content (AvgIpc) is 3.38. The second kappa shape index (κ2) is 7.01. The van der Waals surface area contributed by atoms with E-state index < -0.39 is 37.3 Å². The lowest BCUT2D eigenvalue weighted by Gasteiger charge is -2.18. The molecular formula is C19H21N5O5. The maximum absolute atomic E-state index is 10.6. The monoisotopic (exact) mass is 399 g/mol. The lowest BCUT2D eigenvalue weighted by molar-refractivity contribution is -0.0511. The Balaban J connectivity index is 1.44. The number of ether oxygens (including phenoxy) is 1. The molecule has 5 rings (SSSR count). The van der Waals surface area contributed by atoms with Crippen LogP contribution in [0.15, 0.2) is 36.9 Å². The van der Waals surface area contributed by atoms with E-state index in [1.54, 1.807) is 0 Å². The van der Waals surface area contributed by atoms with Crippen molar-refractivity contribution in [1.82, 2.24) is 19.5 Å². The van der Waals surface area contributed by atoms with Crippen LogP contribution in [-0.2, 0) is 11.2 Å². The minimum Gasteiger partial charge on any atom is -0.394 e. The molecule has 0 saturated carbocycles. The highest BCUT2D eigenvalue weighted by Crippen LogP contribution is 2.35. The maximum Gasteiger partial charge on any atom is 0.167 e. The molecule has 0 amide bonds. The van der Waals surface area contributed by atoms with Gasteiger partial charge in [-0.2, -0.15) is 0 Å². The SMILES string of the molecule is OC[C@H]1O[C@@H](n2cnc3c(N[C@@H]4Cc5ccccc5[C@H]4O)ncnc32)[C@H](O)[C@@H]1O. The molecule has 10 nitrogen and oxygen atoms in total. The number of hydrogen-bond donors (Lipinski definition) is 5. The largest absolute Gasteiger partial charge is 0.394 e. The van der Waals surface area contributed by atoms with E-state index in [-0.39, 0.29) is 6.04 Å². The third-order valence-electron chi connectivity index (χ3n) is 5.67. The van der Waals surface area contributed by atoms with Crippen LogP contribution in [0.25, 0.3) is 11.2 Å². The van der Waals surface area contributed by atoms with Crippen LogP contribution in [0.2, 0.25) is 0 Å². The maximum atomic E-state index is 10.6. The number of rotatable bonds is 4. The van der Waals surface area contributed by atoms with Crippen molar-refractivity contribution < 1.29 is 25.2 Å². The van der Waals surface area contributed by atoms with Crippen molar-refractivity contribution in [2.75, 3.05) is 11.9 Å². The quantitative estimate of drug-likeness (QED) is 0.392. The molecular weight excluding hydrogens is 378 g/mol. The summed E-state index contributed by atoms with van der Waals surface area (Å²) in [7, 11) is 0. The van der Waals surface area contributed by atoms with Crippen LogP contribution in [0.1, 0.15) is 23.5 Å². The number of hydrogen-bond acceptors (Lipinski definition) is 9. The third kappa shape index (κ3) is 2.88. The van der Waals surface area contributed by atoms with Crippen molar-refractivity contribution in [3.63, 3.8) is 0 Å². The fourth-order valence-electron chi connectivity index (χ4n) is 4.13. The number of anilines is 1. The number of nitrogens with zero attached hydrogens (tertiary/aromatic N) is 4. The minimum atomic E-state index is -1.23. The number of aromatic nitrogens is 4. The van der Waals surface area contributed by atoms with Gasteiger partial charge in [-0.1, -0.05) is 24.3 Å². The van der Waals surface area contributed by atoms with E-state index in [9.17, 15) is 20.4 Å². The first kappa shape index (κ1) is 18.4. The Bertz CT molecular complexity index is 1040. The number of nitrogens with one attached hydrogen (secondary N) is 1. The zero-order valence-electron chi connectivity index (χ0n) is 15.3. The van der Waals surface area contributed by atoms with Crippen LogP contribution < -0.4 is 5.32 Å². The Kier molecular flexibility index (Phi) is 4.45. The minimum absolute atomic E-state index is 0.260. The summed E-state index contributed by atoms with van der Waals surface area (Å²) in [5, 5.41) is 43.5. The number of fused-ring (bicyclic) bond motifs is 2. The van der Waals surface area contributed by atoms with Crippen molar-refractivity contribution in [3.8, 4) is 0 Å². The molecule has 1 aliphatic heterocycles. The molecule has 0 bridgehead atoms. The topological polar surface area (TPSA) is 146 Å². The van der Waals surface area contributed by atoms with Crippen LogP contribution in [-0.4, -0.2) is 70.9 Å². The molecule has 3 heterocycles. The molecule has 0 unspecified atom stereocenters. The summed E-state index contributed by atoms with van der Waals surface area (Å²) >= 11 is 0. The predicted molar refractivity (Wildman–Crippen MR) is 101 cm³/mol. The lowest BCUT2D eigenvalue weighted by Crippen LogP contribution is -2.33. The van der Waals surface area contributed by atoms with Crippen LogP contribution >= 0.6 is 0 Å². The summed E-state index contributed by atoms with van der Waals surface area (Å²) in [4.78, 5) is 12.9. The zero-order valence-corrected chi connectivity index (χ0v) is 15.3. The van der Waals surface area contributed by atoms with Gasteiger partial charge in [0.05, 0.1) is 25.1 Å². The first-order valence-corrected chi connectivity index (χ1v) is 9.41. The highest BCUT2D eigenvalue weighted by Gasteiger charge is 2.44. The van der Waals surface area contributed by atoms with Crippen molar-refractivity contribution in [3.05, 3.63) is 48.0 Å². The van der Waals surface area contributed by atoms with Crippen molar-refractivity contribution in [2.24, 2.45) is 0 Å². The molecule has 10 heteroatoms.